The van der Waals surface area contributed by atoms with Crippen molar-refractivity contribution in [3.8, 4) is 0 Å². The van der Waals surface area contributed by atoms with Crippen LogP contribution in [0.1, 0.15) is 0 Å². The van der Waals surface area contributed by atoms with Crippen LogP contribution in [0.25, 0.3) is 11.0 Å². The summed E-state index contributed by atoms with van der Waals surface area (Å²) in [5.74, 6) is 0. The van der Waals surface area contributed by atoms with Crippen LogP contribution in [0.2, 0.25) is 0 Å². The van der Waals surface area contributed by atoms with Crippen LogP contribution in [0, 0.1) is 0 Å². The lowest BCUT2D eigenvalue weighted by molar-refractivity contribution is 0.380. The molecule has 14 heavy (non-hydrogen) atoms. The van der Waals surface area contributed by atoms with E-state index >= 15 is 0 Å². The van der Waals surface area contributed by atoms with Crippen molar-refractivity contribution in [2.75, 3.05) is 7.11 Å². The molecule has 0 aliphatic carbocycles. The Kier molecular flexibility index (Phi) is 2.01. The first kappa shape index (κ1) is 9.17. The molecule has 0 unspecified atom stereocenters. The maximum absolute atomic E-state index is 11.3. The molecule has 5 nitrogen and oxygen atoms in total. The predicted molar refractivity (Wildman–Crippen MR) is 48.2 cm³/mol. The summed E-state index contributed by atoms with van der Waals surface area (Å²) in [7, 11) is -2.70. The first-order valence-corrected chi connectivity index (χ1v) is 5.21. The molecule has 0 bridgehead atoms. The smallest absolute Gasteiger partial charge is 0.318 e. The van der Waals surface area contributed by atoms with Crippen LogP contribution in [-0.4, -0.2) is 20.7 Å². The van der Waals surface area contributed by atoms with Gasteiger partial charge in [0.05, 0.1) is 12.5 Å². The Labute approximate surface area is 80.4 Å². The lowest BCUT2D eigenvalue weighted by Gasteiger charge is -1.94. The average Bonchev–Trinajstić information content (AvgIpc) is 2.61. The highest BCUT2D eigenvalue weighted by Gasteiger charge is 2.21. The van der Waals surface area contributed by atoms with Crippen LogP contribution in [0.4, 0.5) is 0 Å². The summed E-state index contributed by atoms with van der Waals surface area (Å²) in [6.07, 6.45) is 0. The number of nitrogens with zero attached hydrogens (tertiary/aromatic N) is 1. The van der Waals surface area contributed by atoms with Crippen LogP contribution in [-0.2, 0) is 14.3 Å². The normalized spacial score (nSPS) is 12.1. The molecule has 0 aliphatic rings. The molecule has 6 heteroatoms. The van der Waals surface area contributed by atoms with Crippen molar-refractivity contribution in [2.24, 2.45) is 0 Å². The van der Waals surface area contributed by atoms with Crippen LogP contribution < -0.4 is 0 Å². The summed E-state index contributed by atoms with van der Waals surface area (Å²) >= 11 is 0. The van der Waals surface area contributed by atoms with Gasteiger partial charge < -0.3 is 4.52 Å². The number of hydrogen-bond acceptors (Lipinski definition) is 5. The van der Waals surface area contributed by atoms with E-state index in [9.17, 15) is 8.42 Å². The Morgan fingerprint density at radius 3 is 2.79 bits per heavy atom. The molecule has 0 radical (unpaired) electrons. The molecule has 0 spiro atoms. The molecule has 1 aromatic heterocycles. The number of aromatic nitrogens is 1. The highest BCUT2D eigenvalue weighted by Crippen LogP contribution is 2.22. The topological polar surface area (TPSA) is 69.4 Å². The molecule has 0 amide bonds. The Balaban J connectivity index is 2.77. The molecule has 0 fully saturated rings. The summed E-state index contributed by atoms with van der Waals surface area (Å²) in [6.45, 7) is 0. The van der Waals surface area contributed by atoms with E-state index < -0.39 is 10.1 Å². The molecule has 1 aromatic carbocycles. The van der Waals surface area contributed by atoms with Crippen molar-refractivity contribution in [1.82, 2.24) is 5.16 Å². The van der Waals surface area contributed by atoms with Gasteiger partial charge in [-0.05, 0) is 12.1 Å². The number of para-hydroxylation sites is 1. The third-order valence-electron chi connectivity index (χ3n) is 1.80. The van der Waals surface area contributed by atoms with E-state index in [1.165, 1.54) is 0 Å². The summed E-state index contributed by atoms with van der Waals surface area (Å²) in [5.41, 5.74) is 0.420. The molecule has 1 heterocycles. The minimum Gasteiger partial charge on any atom is -0.355 e. The lowest BCUT2D eigenvalue weighted by atomic mass is 10.3. The van der Waals surface area contributed by atoms with Crippen molar-refractivity contribution in [2.45, 2.75) is 5.03 Å². The maximum Gasteiger partial charge on any atom is 0.318 e. The Hall–Kier alpha value is -1.40. The van der Waals surface area contributed by atoms with Crippen LogP contribution >= 0.6 is 0 Å². The standard InChI is InChI=1S/C8H7NO4S/c1-12-14(10,11)8-6-4-2-3-5-7(6)13-9-8/h2-5H,1H3. The van der Waals surface area contributed by atoms with E-state index in [1.54, 1.807) is 24.3 Å². The zero-order valence-corrected chi connectivity index (χ0v) is 8.11. The van der Waals surface area contributed by atoms with Crippen molar-refractivity contribution < 1.29 is 17.1 Å². The van der Waals surface area contributed by atoms with Gasteiger partial charge in [-0.1, -0.05) is 17.3 Å². The Morgan fingerprint density at radius 2 is 2.07 bits per heavy atom. The minimum absolute atomic E-state index is 0.185. The van der Waals surface area contributed by atoms with Gasteiger partial charge in [-0.15, -0.1) is 0 Å². The van der Waals surface area contributed by atoms with Gasteiger partial charge in [0, 0.05) is 0 Å². The van der Waals surface area contributed by atoms with Gasteiger partial charge in [-0.25, -0.2) is 0 Å². The van der Waals surface area contributed by atoms with Gasteiger partial charge in [0.25, 0.3) is 0 Å². The second-order valence-corrected chi connectivity index (χ2v) is 4.23. The van der Waals surface area contributed by atoms with Gasteiger partial charge in [0.15, 0.2) is 5.58 Å². The molecule has 0 atom stereocenters. The highest BCUT2D eigenvalue weighted by atomic mass is 32.2. The maximum atomic E-state index is 11.3. The van der Waals surface area contributed by atoms with Crippen molar-refractivity contribution in [3.63, 3.8) is 0 Å². The Morgan fingerprint density at radius 1 is 1.36 bits per heavy atom. The second-order valence-electron chi connectivity index (χ2n) is 2.60. The highest BCUT2D eigenvalue weighted by molar-refractivity contribution is 7.86. The van der Waals surface area contributed by atoms with E-state index in [2.05, 4.69) is 9.34 Å². The zero-order chi connectivity index (χ0) is 10.2. The van der Waals surface area contributed by atoms with Gasteiger partial charge in [-0.3, -0.25) is 4.18 Å². The van der Waals surface area contributed by atoms with Crippen molar-refractivity contribution in [3.05, 3.63) is 24.3 Å². The fourth-order valence-electron chi connectivity index (χ4n) is 1.12. The molecule has 0 N–H and O–H groups in total. The van der Waals surface area contributed by atoms with Gasteiger partial charge in [-0.2, -0.15) is 8.42 Å². The molecular weight excluding hydrogens is 206 g/mol. The van der Waals surface area contributed by atoms with Crippen LogP contribution in [0.15, 0.2) is 33.8 Å². The van der Waals surface area contributed by atoms with Gasteiger partial charge in [0.1, 0.15) is 0 Å². The van der Waals surface area contributed by atoms with Crippen molar-refractivity contribution >= 4 is 21.1 Å². The molecule has 0 saturated heterocycles. The van der Waals surface area contributed by atoms with Crippen LogP contribution in [0.3, 0.4) is 0 Å². The third-order valence-corrected chi connectivity index (χ3v) is 3.01. The summed E-state index contributed by atoms with van der Waals surface area (Å²) < 4.78 is 31.8. The van der Waals surface area contributed by atoms with E-state index in [-0.39, 0.29) is 5.03 Å². The molecule has 74 valence electrons. The molecule has 0 saturated carbocycles. The summed E-state index contributed by atoms with van der Waals surface area (Å²) in [6, 6.07) is 6.68. The predicted octanol–water partition coefficient (Wildman–Crippen LogP) is 1.16. The Bertz CT molecular complexity index is 557. The summed E-state index contributed by atoms with van der Waals surface area (Å²) in [4.78, 5) is 0. The quantitative estimate of drug-likeness (QED) is 0.700. The lowest BCUT2D eigenvalue weighted by Crippen LogP contribution is -2.03. The van der Waals surface area contributed by atoms with E-state index in [0.717, 1.165) is 7.11 Å². The molecule has 0 aliphatic heterocycles. The number of rotatable bonds is 2. The van der Waals surface area contributed by atoms with E-state index in [1.807, 2.05) is 0 Å². The summed E-state index contributed by atoms with van der Waals surface area (Å²) in [5, 5.41) is 3.69. The number of benzene rings is 1. The van der Waals surface area contributed by atoms with Crippen molar-refractivity contribution in [1.29, 1.82) is 0 Å². The zero-order valence-electron chi connectivity index (χ0n) is 7.30. The largest absolute Gasteiger partial charge is 0.355 e. The fourth-order valence-corrected chi connectivity index (χ4v) is 1.85. The number of fused-ring (bicyclic) bond motifs is 1. The van der Waals surface area contributed by atoms with Gasteiger partial charge >= 0.3 is 10.1 Å². The molecule has 2 aromatic rings. The monoisotopic (exact) mass is 213 g/mol. The first-order chi connectivity index (χ1) is 6.65. The third kappa shape index (κ3) is 1.28. The second kappa shape index (κ2) is 3.07. The SMILES string of the molecule is COS(=O)(=O)c1noc2ccccc12. The number of hydrogen-bond donors (Lipinski definition) is 0. The first-order valence-electron chi connectivity index (χ1n) is 3.80. The van der Waals surface area contributed by atoms with E-state index in [0.29, 0.717) is 11.0 Å². The van der Waals surface area contributed by atoms with E-state index in [4.69, 9.17) is 4.52 Å². The molecule has 2 rings (SSSR count). The van der Waals surface area contributed by atoms with Gasteiger partial charge in [0.2, 0.25) is 5.03 Å². The average molecular weight is 213 g/mol. The van der Waals surface area contributed by atoms with Crippen LogP contribution in [0.5, 0.6) is 0 Å². The molecular formula is C8H7NO4S. The minimum atomic E-state index is -3.79. The fraction of sp³-hybridized carbons (Fsp3) is 0.125.